The summed E-state index contributed by atoms with van der Waals surface area (Å²) >= 11 is 3.43. The molecule has 2 unspecified atom stereocenters. The van der Waals surface area contributed by atoms with Crippen LogP contribution >= 0.6 is 15.9 Å². The van der Waals surface area contributed by atoms with Crippen LogP contribution in [0.25, 0.3) is 0 Å². The molecule has 4 nitrogen and oxygen atoms in total. The van der Waals surface area contributed by atoms with Gasteiger partial charge < -0.3 is 4.90 Å². The topological polar surface area (TPSA) is 38.1 Å². The van der Waals surface area contributed by atoms with Gasteiger partial charge in [-0.3, -0.25) is 9.48 Å². The van der Waals surface area contributed by atoms with Crippen LogP contribution in [-0.2, 0) is 6.54 Å². The third-order valence-corrected chi connectivity index (χ3v) is 4.31. The molecule has 2 atom stereocenters. The predicted octanol–water partition coefficient (Wildman–Crippen LogP) is 3.07. The molecule has 1 saturated heterocycles. The van der Waals surface area contributed by atoms with Gasteiger partial charge in [0.2, 0.25) is 0 Å². The van der Waals surface area contributed by atoms with Crippen molar-refractivity contribution in [3.05, 3.63) is 16.4 Å². The normalized spacial score (nSPS) is 24.3. The molecule has 0 aliphatic carbocycles. The number of piperidine rings is 1. The summed E-state index contributed by atoms with van der Waals surface area (Å²) in [5.74, 6) is 0.0981. The lowest BCUT2D eigenvalue weighted by Crippen LogP contribution is -2.48. The molecule has 5 heteroatoms. The molecule has 1 aromatic heterocycles. The van der Waals surface area contributed by atoms with Crippen molar-refractivity contribution in [1.82, 2.24) is 14.7 Å². The molecule has 100 valence electrons. The molecule has 18 heavy (non-hydrogen) atoms. The molecule has 0 bridgehead atoms. The van der Waals surface area contributed by atoms with Crippen LogP contribution in [0.2, 0.25) is 0 Å². The smallest absolute Gasteiger partial charge is 0.273 e. The van der Waals surface area contributed by atoms with Crippen LogP contribution in [0.1, 0.15) is 50.5 Å². The second-order valence-corrected chi connectivity index (χ2v) is 5.85. The fourth-order valence-corrected chi connectivity index (χ4v) is 3.22. The maximum atomic E-state index is 12.7. The van der Waals surface area contributed by atoms with E-state index in [1.54, 1.807) is 10.9 Å². The molecule has 1 fully saturated rings. The Kier molecular flexibility index (Phi) is 4.10. The van der Waals surface area contributed by atoms with Crippen molar-refractivity contribution in [3.8, 4) is 0 Å². The summed E-state index contributed by atoms with van der Waals surface area (Å²) in [7, 11) is 0. The number of halogens is 1. The van der Waals surface area contributed by atoms with Gasteiger partial charge in [-0.1, -0.05) is 0 Å². The lowest BCUT2D eigenvalue weighted by molar-refractivity contribution is 0.0497. The first-order valence-electron chi connectivity index (χ1n) is 6.60. The van der Waals surface area contributed by atoms with E-state index in [2.05, 4.69) is 34.9 Å². The summed E-state index contributed by atoms with van der Waals surface area (Å²) in [5.41, 5.74) is 0.679. The van der Waals surface area contributed by atoms with E-state index in [4.69, 9.17) is 0 Å². The van der Waals surface area contributed by atoms with Crippen molar-refractivity contribution in [3.63, 3.8) is 0 Å². The minimum Gasteiger partial charge on any atom is -0.332 e. The average molecular weight is 314 g/mol. The summed E-state index contributed by atoms with van der Waals surface area (Å²) in [6, 6.07) is 0.627. The van der Waals surface area contributed by atoms with Crippen molar-refractivity contribution >= 4 is 21.8 Å². The van der Waals surface area contributed by atoms with Crippen molar-refractivity contribution < 1.29 is 4.79 Å². The van der Waals surface area contributed by atoms with E-state index >= 15 is 0 Å². The minimum atomic E-state index is 0.0981. The van der Waals surface area contributed by atoms with Crippen molar-refractivity contribution in [1.29, 1.82) is 0 Å². The Bertz CT molecular complexity index is 433. The van der Waals surface area contributed by atoms with Gasteiger partial charge in [0.1, 0.15) is 5.69 Å². The van der Waals surface area contributed by atoms with E-state index in [1.807, 2.05) is 11.8 Å². The number of aromatic nitrogens is 2. The van der Waals surface area contributed by atoms with Crippen LogP contribution in [0.5, 0.6) is 0 Å². The standard InChI is InChI=1S/C13H20BrN3O/c1-4-16-12(11(14)8-15-16)13(18)17-9(2)6-5-7-10(17)3/h8-10H,4-7H2,1-3H3. The van der Waals surface area contributed by atoms with E-state index in [-0.39, 0.29) is 5.91 Å². The first kappa shape index (κ1) is 13.6. The fourth-order valence-electron chi connectivity index (χ4n) is 2.76. The second-order valence-electron chi connectivity index (χ2n) is 5.00. The third kappa shape index (κ3) is 2.32. The monoisotopic (exact) mass is 313 g/mol. The summed E-state index contributed by atoms with van der Waals surface area (Å²) < 4.78 is 2.56. The quantitative estimate of drug-likeness (QED) is 0.841. The Labute approximate surface area is 116 Å². The molecular weight excluding hydrogens is 294 g/mol. The zero-order valence-corrected chi connectivity index (χ0v) is 12.8. The third-order valence-electron chi connectivity index (χ3n) is 3.72. The molecule has 0 spiro atoms. The number of rotatable bonds is 2. The van der Waals surface area contributed by atoms with Crippen molar-refractivity contribution in [2.24, 2.45) is 0 Å². The van der Waals surface area contributed by atoms with Crippen molar-refractivity contribution in [2.45, 2.75) is 58.7 Å². The molecule has 0 saturated carbocycles. The molecule has 1 aromatic rings. The van der Waals surface area contributed by atoms with Crippen molar-refractivity contribution in [2.75, 3.05) is 0 Å². The largest absolute Gasteiger partial charge is 0.332 e. The Morgan fingerprint density at radius 1 is 1.44 bits per heavy atom. The maximum Gasteiger partial charge on any atom is 0.273 e. The number of hydrogen-bond donors (Lipinski definition) is 0. The summed E-state index contributed by atoms with van der Waals surface area (Å²) in [6.45, 7) is 6.98. The highest BCUT2D eigenvalue weighted by molar-refractivity contribution is 9.10. The fraction of sp³-hybridized carbons (Fsp3) is 0.692. The molecule has 1 aliphatic heterocycles. The van der Waals surface area contributed by atoms with Gasteiger partial charge in [0, 0.05) is 18.6 Å². The van der Waals surface area contributed by atoms with E-state index in [0.717, 1.165) is 17.3 Å². The van der Waals surface area contributed by atoms with Crippen LogP contribution in [-0.4, -0.2) is 32.7 Å². The van der Waals surface area contributed by atoms with Gasteiger partial charge in [-0.2, -0.15) is 5.10 Å². The number of hydrogen-bond acceptors (Lipinski definition) is 2. The summed E-state index contributed by atoms with van der Waals surface area (Å²) in [4.78, 5) is 14.7. The van der Waals surface area contributed by atoms with Gasteiger partial charge in [0.25, 0.3) is 5.91 Å². The predicted molar refractivity (Wildman–Crippen MR) is 74.5 cm³/mol. The average Bonchev–Trinajstić information content (AvgIpc) is 2.70. The molecule has 0 radical (unpaired) electrons. The van der Waals surface area contributed by atoms with E-state index < -0.39 is 0 Å². The number of likely N-dealkylation sites (tertiary alicyclic amines) is 1. The molecule has 1 aliphatic rings. The molecule has 0 N–H and O–H groups in total. The van der Waals surface area contributed by atoms with Crippen LogP contribution in [0, 0.1) is 0 Å². The van der Waals surface area contributed by atoms with Gasteiger partial charge in [0.15, 0.2) is 0 Å². The number of amides is 1. The van der Waals surface area contributed by atoms with Crippen LogP contribution < -0.4 is 0 Å². The van der Waals surface area contributed by atoms with Crippen LogP contribution in [0.3, 0.4) is 0 Å². The van der Waals surface area contributed by atoms with Gasteiger partial charge in [-0.25, -0.2) is 0 Å². The molecular formula is C13H20BrN3O. The zero-order valence-electron chi connectivity index (χ0n) is 11.2. The number of carbonyl (C=O) groups excluding carboxylic acids is 1. The highest BCUT2D eigenvalue weighted by atomic mass is 79.9. The summed E-state index contributed by atoms with van der Waals surface area (Å²) in [5, 5.41) is 4.22. The molecule has 1 amide bonds. The molecule has 2 rings (SSSR count). The number of aryl methyl sites for hydroxylation is 1. The van der Waals surface area contributed by atoms with E-state index in [0.29, 0.717) is 24.3 Å². The Morgan fingerprint density at radius 2 is 2.06 bits per heavy atom. The summed E-state index contributed by atoms with van der Waals surface area (Å²) in [6.07, 6.45) is 5.10. The highest BCUT2D eigenvalue weighted by Gasteiger charge is 2.32. The first-order valence-corrected chi connectivity index (χ1v) is 7.39. The molecule has 0 aromatic carbocycles. The van der Waals surface area contributed by atoms with Gasteiger partial charge >= 0.3 is 0 Å². The SMILES string of the molecule is CCn1ncc(Br)c1C(=O)N1C(C)CCCC1C. The van der Waals surface area contributed by atoms with Gasteiger partial charge in [0.05, 0.1) is 10.7 Å². The van der Waals surface area contributed by atoms with Gasteiger partial charge in [-0.05, 0) is 56.0 Å². The number of carbonyl (C=O) groups is 1. The zero-order chi connectivity index (χ0) is 13.3. The van der Waals surface area contributed by atoms with Crippen LogP contribution in [0.4, 0.5) is 0 Å². The lowest BCUT2D eigenvalue weighted by Gasteiger charge is -2.39. The maximum absolute atomic E-state index is 12.7. The Hall–Kier alpha value is -0.840. The number of nitrogens with zero attached hydrogens (tertiary/aromatic N) is 3. The highest BCUT2D eigenvalue weighted by Crippen LogP contribution is 2.27. The van der Waals surface area contributed by atoms with Gasteiger partial charge in [-0.15, -0.1) is 0 Å². The van der Waals surface area contributed by atoms with E-state index in [1.165, 1.54) is 6.42 Å². The van der Waals surface area contributed by atoms with Crippen LogP contribution in [0.15, 0.2) is 10.7 Å². The minimum absolute atomic E-state index is 0.0981. The molecule has 2 heterocycles. The Balaban J connectivity index is 2.32. The Morgan fingerprint density at radius 3 is 2.61 bits per heavy atom. The van der Waals surface area contributed by atoms with E-state index in [9.17, 15) is 4.79 Å². The lowest BCUT2D eigenvalue weighted by atomic mass is 9.97. The first-order chi connectivity index (χ1) is 8.56. The second kappa shape index (κ2) is 5.43.